The van der Waals surface area contributed by atoms with Crippen LogP contribution < -0.4 is 0 Å². The first-order valence-electron chi connectivity index (χ1n) is 7.78. The smallest absolute Gasteiger partial charge is 0.225 e. The van der Waals surface area contributed by atoms with Gasteiger partial charge in [-0.05, 0) is 37.8 Å². The fourth-order valence-electron chi connectivity index (χ4n) is 2.70. The lowest BCUT2D eigenvalue weighted by Crippen LogP contribution is -2.34. The van der Waals surface area contributed by atoms with Crippen LogP contribution in [0.25, 0.3) is 0 Å². The molecule has 4 nitrogen and oxygen atoms in total. The highest BCUT2D eigenvalue weighted by Gasteiger charge is 2.20. The lowest BCUT2D eigenvalue weighted by Gasteiger charge is -2.21. The van der Waals surface area contributed by atoms with Crippen molar-refractivity contribution in [3.63, 3.8) is 0 Å². The Morgan fingerprint density at radius 2 is 1.95 bits per heavy atom. The Morgan fingerprint density at radius 3 is 2.55 bits per heavy atom. The quantitative estimate of drug-likeness (QED) is 0.891. The standard InChI is InChI=1S/C18H25N3O/c1-13(12-17-14(2)19-20-15(17)3)18(22)21(4)11-10-16-8-6-5-7-9-16/h5-9,13H,10-12H2,1-4H3,(H,19,20)/t13-/m1/s1. The number of likely N-dealkylation sites (N-methyl/N-ethyl adjacent to an activating group) is 1. The Kier molecular flexibility index (Phi) is 5.36. The molecular weight excluding hydrogens is 274 g/mol. The van der Waals surface area contributed by atoms with Crippen molar-refractivity contribution in [3.8, 4) is 0 Å². The maximum atomic E-state index is 12.5. The molecule has 2 aromatic rings. The highest BCUT2D eigenvalue weighted by atomic mass is 16.2. The van der Waals surface area contributed by atoms with Gasteiger partial charge < -0.3 is 4.90 Å². The largest absolute Gasteiger partial charge is 0.345 e. The second-order valence-electron chi connectivity index (χ2n) is 6.01. The third-order valence-corrected chi connectivity index (χ3v) is 4.17. The third-order valence-electron chi connectivity index (χ3n) is 4.17. The summed E-state index contributed by atoms with van der Waals surface area (Å²) in [6.45, 7) is 6.73. The number of nitrogens with zero attached hydrogens (tertiary/aromatic N) is 2. The minimum absolute atomic E-state index is 0.0317. The van der Waals surface area contributed by atoms with Crippen LogP contribution in [-0.4, -0.2) is 34.6 Å². The second kappa shape index (κ2) is 7.25. The molecule has 0 spiro atoms. The molecule has 0 aliphatic carbocycles. The Balaban J connectivity index is 1.89. The monoisotopic (exact) mass is 299 g/mol. The number of carbonyl (C=O) groups is 1. The number of aryl methyl sites for hydroxylation is 2. The van der Waals surface area contributed by atoms with E-state index in [1.165, 1.54) is 5.56 Å². The van der Waals surface area contributed by atoms with Crippen LogP contribution in [0.1, 0.15) is 29.4 Å². The minimum atomic E-state index is -0.0317. The number of hydrogen-bond donors (Lipinski definition) is 1. The second-order valence-corrected chi connectivity index (χ2v) is 6.01. The number of rotatable bonds is 6. The number of aromatic amines is 1. The summed E-state index contributed by atoms with van der Waals surface area (Å²) in [5.41, 5.74) is 4.47. The van der Waals surface area contributed by atoms with Crippen molar-refractivity contribution in [1.82, 2.24) is 15.1 Å². The molecule has 1 aromatic heterocycles. The lowest BCUT2D eigenvalue weighted by atomic mass is 9.98. The number of hydrogen-bond acceptors (Lipinski definition) is 2. The van der Waals surface area contributed by atoms with Gasteiger partial charge in [0.1, 0.15) is 0 Å². The molecule has 0 unspecified atom stereocenters. The SMILES string of the molecule is Cc1n[nH]c(C)c1C[C@@H](C)C(=O)N(C)CCc1ccccc1. The summed E-state index contributed by atoms with van der Waals surface area (Å²) >= 11 is 0. The molecule has 4 heteroatoms. The highest BCUT2D eigenvalue weighted by molar-refractivity contribution is 5.78. The Morgan fingerprint density at radius 1 is 1.27 bits per heavy atom. The van der Waals surface area contributed by atoms with Gasteiger partial charge in [-0.25, -0.2) is 0 Å². The average molecular weight is 299 g/mol. The van der Waals surface area contributed by atoms with Gasteiger partial charge in [-0.15, -0.1) is 0 Å². The zero-order valence-electron chi connectivity index (χ0n) is 13.9. The summed E-state index contributed by atoms with van der Waals surface area (Å²) in [5.74, 6) is 0.159. The van der Waals surface area contributed by atoms with Crippen molar-refractivity contribution in [2.24, 2.45) is 5.92 Å². The van der Waals surface area contributed by atoms with Crippen LogP contribution in [-0.2, 0) is 17.6 Å². The van der Waals surface area contributed by atoms with Gasteiger partial charge in [-0.2, -0.15) is 5.10 Å². The molecule has 1 heterocycles. The molecule has 1 atom stereocenters. The van der Waals surface area contributed by atoms with Crippen LogP contribution in [0.3, 0.4) is 0 Å². The molecule has 118 valence electrons. The van der Waals surface area contributed by atoms with E-state index in [-0.39, 0.29) is 11.8 Å². The fraction of sp³-hybridized carbons (Fsp3) is 0.444. The molecule has 0 bridgehead atoms. The van der Waals surface area contributed by atoms with Crippen LogP contribution in [0, 0.1) is 19.8 Å². The molecule has 0 fully saturated rings. The van der Waals surface area contributed by atoms with E-state index >= 15 is 0 Å². The van der Waals surface area contributed by atoms with Crippen LogP contribution in [0.15, 0.2) is 30.3 Å². The van der Waals surface area contributed by atoms with E-state index in [9.17, 15) is 4.79 Å². The molecule has 0 aliphatic heterocycles. The summed E-state index contributed by atoms with van der Waals surface area (Å²) in [7, 11) is 1.89. The first-order chi connectivity index (χ1) is 10.5. The van der Waals surface area contributed by atoms with Crippen molar-refractivity contribution >= 4 is 5.91 Å². The first-order valence-corrected chi connectivity index (χ1v) is 7.78. The zero-order valence-corrected chi connectivity index (χ0v) is 13.9. The predicted octanol–water partition coefficient (Wildman–Crippen LogP) is 2.91. The van der Waals surface area contributed by atoms with E-state index in [0.29, 0.717) is 0 Å². The van der Waals surface area contributed by atoms with Crippen LogP contribution in [0.2, 0.25) is 0 Å². The van der Waals surface area contributed by atoms with Gasteiger partial charge in [-0.3, -0.25) is 9.89 Å². The molecule has 0 saturated heterocycles. The van der Waals surface area contributed by atoms with Crippen LogP contribution in [0.5, 0.6) is 0 Å². The van der Waals surface area contributed by atoms with Gasteiger partial charge >= 0.3 is 0 Å². The Bertz CT molecular complexity index is 599. The fourth-order valence-corrected chi connectivity index (χ4v) is 2.70. The number of H-pyrrole nitrogens is 1. The molecule has 0 saturated carbocycles. The van der Waals surface area contributed by atoms with Gasteiger partial charge in [0.15, 0.2) is 0 Å². The molecule has 0 radical (unpaired) electrons. The summed E-state index contributed by atoms with van der Waals surface area (Å²) in [6, 6.07) is 10.3. The average Bonchev–Trinajstić information content (AvgIpc) is 2.84. The number of amides is 1. The molecule has 22 heavy (non-hydrogen) atoms. The van der Waals surface area contributed by atoms with Crippen molar-refractivity contribution in [2.45, 2.75) is 33.6 Å². The number of aromatic nitrogens is 2. The minimum Gasteiger partial charge on any atom is -0.345 e. The third kappa shape index (κ3) is 3.97. The van der Waals surface area contributed by atoms with Gasteiger partial charge in [0.2, 0.25) is 5.91 Å². The molecule has 1 N–H and O–H groups in total. The number of carbonyl (C=O) groups excluding carboxylic acids is 1. The zero-order chi connectivity index (χ0) is 16.1. The molecule has 1 amide bonds. The lowest BCUT2D eigenvalue weighted by molar-refractivity contribution is -0.133. The van der Waals surface area contributed by atoms with Gasteiger partial charge in [0, 0.05) is 25.2 Å². The maximum Gasteiger partial charge on any atom is 0.225 e. The van der Waals surface area contributed by atoms with Gasteiger partial charge in [-0.1, -0.05) is 37.3 Å². The predicted molar refractivity (Wildman–Crippen MR) is 88.7 cm³/mol. The van der Waals surface area contributed by atoms with E-state index in [4.69, 9.17) is 0 Å². The van der Waals surface area contributed by atoms with Crippen molar-refractivity contribution in [3.05, 3.63) is 52.8 Å². The maximum absolute atomic E-state index is 12.5. The van der Waals surface area contributed by atoms with E-state index in [0.717, 1.165) is 36.3 Å². The Hall–Kier alpha value is -2.10. The van der Waals surface area contributed by atoms with Crippen molar-refractivity contribution < 1.29 is 4.79 Å². The molecule has 2 rings (SSSR count). The Labute approximate surface area is 132 Å². The van der Waals surface area contributed by atoms with Gasteiger partial charge in [0.05, 0.1) is 5.69 Å². The summed E-state index contributed by atoms with van der Waals surface area (Å²) in [6.07, 6.45) is 1.63. The topological polar surface area (TPSA) is 49.0 Å². The molecular formula is C18H25N3O. The summed E-state index contributed by atoms with van der Waals surface area (Å²) in [5, 5.41) is 7.18. The molecule has 0 aliphatic rings. The first kappa shape index (κ1) is 16.3. The van der Waals surface area contributed by atoms with Crippen molar-refractivity contribution in [1.29, 1.82) is 0 Å². The normalized spacial score (nSPS) is 12.2. The number of benzene rings is 1. The molecule has 1 aromatic carbocycles. The number of nitrogens with one attached hydrogen (secondary N) is 1. The van der Waals surface area contributed by atoms with E-state index < -0.39 is 0 Å². The van der Waals surface area contributed by atoms with E-state index in [2.05, 4.69) is 22.3 Å². The van der Waals surface area contributed by atoms with E-state index in [1.54, 1.807) is 0 Å². The van der Waals surface area contributed by atoms with Crippen molar-refractivity contribution in [2.75, 3.05) is 13.6 Å². The summed E-state index contributed by atoms with van der Waals surface area (Å²) < 4.78 is 0. The van der Waals surface area contributed by atoms with E-state index in [1.807, 2.05) is 50.9 Å². The van der Waals surface area contributed by atoms with Crippen LogP contribution in [0.4, 0.5) is 0 Å². The summed E-state index contributed by atoms with van der Waals surface area (Å²) in [4.78, 5) is 14.3. The highest BCUT2D eigenvalue weighted by Crippen LogP contribution is 2.16. The van der Waals surface area contributed by atoms with Crippen LogP contribution >= 0.6 is 0 Å². The van der Waals surface area contributed by atoms with Gasteiger partial charge in [0.25, 0.3) is 0 Å².